The first-order chi connectivity index (χ1) is 17.9. The van der Waals surface area contributed by atoms with Gasteiger partial charge < -0.3 is 15.6 Å². The largest absolute Gasteiger partial charge is 0.349 e. The minimum Gasteiger partial charge on any atom is -0.349 e. The highest BCUT2D eigenvalue weighted by molar-refractivity contribution is 6.04. The van der Waals surface area contributed by atoms with Crippen molar-refractivity contribution in [3.63, 3.8) is 0 Å². The van der Waals surface area contributed by atoms with Crippen molar-refractivity contribution in [2.24, 2.45) is 5.92 Å². The van der Waals surface area contributed by atoms with Crippen molar-refractivity contribution >= 4 is 34.2 Å². The van der Waals surface area contributed by atoms with Gasteiger partial charge in [-0.3, -0.25) is 19.7 Å². The predicted molar refractivity (Wildman–Crippen MR) is 141 cm³/mol. The van der Waals surface area contributed by atoms with Crippen LogP contribution < -0.4 is 10.6 Å². The third-order valence-corrected chi connectivity index (χ3v) is 6.93. The number of hydrogen-bond donors (Lipinski definition) is 3. The van der Waals surface area contributed by atoms with Gasteiger partial charge in [0.1, 0.15) is 5.82 Å². The molecule has 0 spiro atoms. The standard InChI is InChI=1S/C28H27N5O4/c1-17-4-2-3-5-23(17)32-28(35)20-10-15-24-25(16-20)31-26(30-24)18-6-11-21(12-7-18)29-27(34)19-8-13-22(14-9-19)33(36)37/h6-17,23H,2-5H2,1H3,(H,29,34)(H,30,31)(H,32,35). The maximum absolute atomic E-state index is 12.8. The zero-order chi connectivity index (χ0) is 25.9. The number of nitrogens with zero attached hydrogens (tertiary/aromatic N) is 2. The smallest absolute Gasteiger partial charge is 0.269 e. The van der Waals surface area contributed by atoms with Crippen LogP contribution in [-0.2, 0) is 0 Å². The van der Waals surface area contributed by atoms with Crippen molar-refractivity contribution in [3.8, 4) is 11.4 Å². The number of aromatic nitrogens is 2. The lowest BCUT2D eigenvalue weighted by Crippen LogP contribution is -2.41. The van der Waals surface area contributed by atoms with Crippen LogP contribution in [0.2, 0.25) is 0 Å². The van der Waals surface area contributed by atoms with Gasteiger partial charge in [0.15, 0.2) is 0 Å². The Labute approximate surface area is 213 Å². The summed E-state index contributed by atoms with van der Waals surface area (Å²) in [5.74, 6) is 0.716. The topological polar surface area (TPSA) is 130 Å². The molecule has 2 amide bonds. The SMILES string of the molecule is CC1CCCCC1NC(=O)c1ccc2nc(-c3ccc(NC(=O)c4ccc([N+](=O)[O-])cc4)cc3)[nH]c2c1. The van der Waals surface area contributed by atoms with E-state index in [0.717, 1.165) is 35.9 Å². The van der Waals surface area contributed by atoms with Gasteiger partial charge in [-0.1, -0.05) is 19.8 Å². The molecule has 0 bridgehead atoms. The van der Waals surface area contributed by atoms with Gasteiger partial charge >= 0.3 is 0 Å². The van der Waals surface area contributed by atoms with Gasteiger partial charge in [-0.2, -0.15) is 0 Å². The van der Waals surface area contributed by atoms with Crippen LogP contribution >= 0.6 is 0 Å². The number of hydrogen-bond acceptors (Lipinski definition) is 5. The molecule has 3 aromatic carbocycles. The molecule has 4 aromatic rings. The van der Waals surface area contributed by atoms with Crippen molar-refractivity contribution in [3.05, 3.63) is 88.0 Å². The van der Waals surface area contributed by atoms with Gasteiger partial charge in [-0.25, -0.2) is 4.98 Å². The summed E-state index contributed by atoms with van der Waals surface area (Å²) >= 11 is 0. The molecule has 0 saturated heterocycles. The first kappa shape index (κ1) is 24.2. The maximum atomic E-state index is 12.8. The molecule has 1 aliphatic rings. The minimum absolute atomic E-state index is 0.0649. The summed E-state index contributed by atoms with van der Waals surface area (Å²) in [6.45, 7) is 2.20. The van der Waals surface area contributed by atoms with Crippen molar-refractivity contribution in [1.82, 2.24) is 15.3 Å². The molecular weight excluding hydrogens is 470 g/mol. The van der Waals surface area contributed by atoms with Crippen LogP contribution in [0.3, 0.4) is 0 Å². The van der Waals surface area contributed by atoms with Gasteiger partial charge in [0, 0.05) is 40.6 Å². The van der Waals surface area contributed by atoms with E-state index in [-0.39, 0.29) is 23.5 Å². The monoisotopic (exact) mass is 497 g/mol. The Morgan fingerprint density at radius 2 is 1.65 bits per heavy atom. The summed E-state index contributed by atoms with van der Waals surface area (Å²) < 4.78 is 0. The number of amides is 2. The lowest BCUT2D eigenvalue weighted by Gasteiger charge is -2.29. The number of carbonyl (C=O) groups excluding carboxylic acids is 2. The number of rotatable bonds is 6. The molecule has 1 aliphatic carbocycles. The molecule has 1 heterocycles. The van der Waals surface area contributed by atoms with E-state index in [1.54, 1.807) is 18.2 Å². The highest BCUT2D eigenvalue weighted by atomic mass is 16.6. The average Bonchev–Trinajstić information content (AvgIpc) is 3.34. The van der Waals surface area contributed by atoms with Gasteiger partial charge in [0.25, 0.3) is 17.5 Å². The summed E-state index contributed by atoms with van der Waals surface area (Å²) in [5.41, 5.74) is 3.79. The number of nitro groups is 1. The lowest BCUT2D eigenvalue weighted by molar-refractivity contribution is -0.384. The number of fused-ring (bicyclic) bond motifs is 1. The maximum Gasteiger partial charge on any atom is 0.269 e. The van der Waals surface area contributed by atoms with E-state index in [2.05, 4.69) is 27.5 Å². The molecule has 2 unspecified atom stereocenters. The predicted octanol–water partition coefficient (Wildman–Crippen LogP) is 5.70. The van der Waals surface area contributed by atoms with Crippen LogP contribution in [0.4, 0.5) is 11.4 Å². The first-order valence-corrected chi connectivity index (χ1v) is 12.3. The number of imidazole rings is 1. The van der Waals surface area contributed by atoms with Gasteiger partial charge in [0.05, 0.1) is 16.0 Å². The molecule has 9 nitrogen and oxygen atoms in total. The number of nitrogens with one attached hydrogen (secondary N) is 3. The number of carbonyl (C=O) groups is 2. The number of benzene rings is 3. The second kappa shape index (κ2) is 10.2. The average molecular weight is 498 g/mol. The number of non-ortho nitro benzene ring substituents is 1. The van der Waals surface area contributed by atoms with Crippen LogP contribution in [0, 0.1) is 16.0 Å². The second-order valence-corrected chi connectivity index (χ2v) is 9.49. The van der Waals surface area contributed by atoms with E-state index >= 15 is 0 Å². The third-order valence-electron chi connectivity index (χ3n) is 6.93. The molecule has 5 rings (SSSR count). The quantitative estimate of drug-likeness (QED) is 0.232. The Morgan fingerprint density at radius 1 is 0.946 bits per heavy atom. The number of H-pyrrole nitrogens is 1. The van der Waals surface area contributed by atoms with Crippen LogP contribution in [0.25, 0.3) is 22.4 Å². The fraction of sp³-hybridized carbons (Fsp3) is 0.250. The Hall–Kier alpha value is -4.53. The van der Waals surface area contributed by atoms with E-state index in [1.807, 2.05) is 24.3 Å². The molecule has 188 valence electrons. The Balaban J connectivity index is 1.27. The summed E-state index contributed by atoms with van der Waals surface area (Å²) in [4.78, 5) is 43.5. The van der Waals surface area contributed by atoms with Crippen LogP contribution in [0.15, 0.2) is 66.7 Å². The van der Waals surface area contributed by atoms with Crippen molar-refractivity contribution in [2.45, 2.75) is 38.6 Å². The first-order valence-electron chi connectivity index (χ1n) is 12.3. The molecule has 9 heteroatoms. The summed E-state index contributed by atoms with van der Waals surface area (Å²) in [6, 6.07) is 18.3. The molecule has 37 heavy (non-hydrogen) atoms. The molecular formula is C28H27N5O4. The fourth-order valence-electron chi connectivity index (χ4n) is 4.72. The third kappa shape index (κ3) is 5.35. The summed E-state index contributed by atoms with van der Waals surface area (Å²) in [7, 11) is 0. The summed E-state index contributed by atoms with van der Waals surface area (Å²) in [6.07, 6.45) is 4.54. The second-order valence-electron chi connectivity index (χ2n) is 9.49. The minimum atomic E-state index is -0.508. The Morgan fingerprint density at radius 3 is 2.35 bits per heavy atom. The van der Waals surface area contributed by atoms with Gasteiger partial charge in [0.2, 0.25) is 0 Å². The summed E-state index contributed by atoms with van der Waals surface area (Å²) in [5, 5.41) is 16.8. The van der Waals surface area contributed by atoms with Crippen molar-refractivity contribution in [1.29, 1.82) is 0 Å². The van der Waals surface area contributed by atoms with Crippen LogP contribution in [0.1, 0.15) is 53.3 Å². The zero-order valence-corrected chi connectivity index (χ0v) is 20.4. The van der Waals surface area contributed by atoms with E-state index in [1.165, 1.54) is 30.7 Å². The highest BCUT2D eigenvalue weighted by Crippen LogP contribution is 2.26. The number of anilines is 1. The molecule has 0 aliphatic heterocycles. The van der Waals surface area contributed by atoms with E-state index in [4.69, 9.17) is 0 Å². The van der Waals surface area contributed by atoms with Gasteiger partial charge in [-0.15, -0.1) is 0 Å². The highest BCUT2D eigenvalue weighted by Gasteiger charge is 2.23. The van der Waals surface area contributed by atoms with E-state index < -0.39 is 4.92 Å². The molecule has 3 N–H and O–H groups in total. The Bertz CT molecular complexity index is 1460. The molecule has 1 fully saturated rings. The molecule has 1 saturated carbocycles. The van der Waals surface area contributed by atoms with E-state index in [0.29, 0.717) is 28.6 Å². The fourth-order valence-corrected chi connectivity index (χ4v) is 4.72. The van der Waals surface area contributed by atoms with Gasteiger partial charge in [-0.05, 0) is 73.4 Å². The molecule has 2 atom stereocenters. The normalized spacial score (nSPS) is 17.3. The number of aromatic amines is 1. The lowest BCUT2D eigenvalue weighted by atomic mass is 9.86. The van der Waals surface area contributed by atoms with Crippen LogP contribution in [-0.4, -0.2) is 32.7 Å². The number of nitro benzene ring substituents is 1. The zero-order valence-electron chi connectivity index (χ0n) is 20.4. The Kier molecular flexibility index (Phi) is 6.68. The van der Waals surface area contributed by atoms with Crippen molar-refractivity contribution in [2.75, 3.05) is 5.32 Å². The van der Waals surface area contributed by atoms with E-state index in [9.17, 15) is 19.7 Å². The van der Waals surface area contributed by atoms with Crippen LogP contribution in [0.5, 0.6) is 0 Å². The molecule has 1 aromatic heterocycles. The molecule has 0 radical (unpaired) electrons. The van der Waals surface area contributed by atoms with Crippen molar-refractivity contribution < 1.29 is 14.5 Å².